The van der Waals surface area contributed by atoms with Crippen LogP contribution in [0, 0.1) is 0 Å². The third-order valence-corrected chi connectivity index (χ3v) is 6.26. The van der Waals surface area contributed by atoms with Crippen LogP contribution in [-0.4, -0.2) is 40.2 Å². The van der Waals surface area contributed by atoms with E-state index in [4.69, 9.17) is 4.74 Å². The number of fused-ring (bicyclic) bond motifs is 2. The quantitative estimate of drug-likeness (QED) is 0.269. The molecule has 4 aromatic carbocycles. The van der Waals surface area contributed by atoms with Crippen LogP contribution < -0.4 is 4.74 Å². The van der Waals surface area contributed by atoms with Gasteiger partial charge in [-0.2, -0.15) is 0 Å². The normalized spacial score (nSPS) is 11.7. The van der Waals surface area contributed by atoms with Gasteiger partial charge >= 0.3 is 29.6 Å². The summed E-state index contributed by atoms with van der Waals surface area (Å²) in [5, 5.41) is 4.88. The molecule has 0 unspecified atom stereocenters. The van der Waals surface area contributed by atoms with Gasteiger partial charge in [0.25, 0.3) is 0 Å². The Labute approximate surface area is 184 Å². The number of hydrogen-bond acceptors (Lipinski definition) is 2. The molecule has 4 rings (SSSR count). The molecule has 0 bridgehead atoms. The predicted molar refractivity (Wildman–Crippen MR) is 121 cm³/mol. The first-order valence-electron chi connectivity index (χ1n) is 8.11. The number of thiol groups is 1. The molecule has 0 spiro atoms. The zero-order valence-corrected chi connectivity index (χ0v) is 15.6. The van der Waals surface area contributed by atoms with Gasteiger partial charge in [0.1, 0.15) is 5.75 Å². The van der Waals surface area contributed by atoms with E-state index in [-0.39, 0.29) is 29.6 Å². The summed E-state index contributed by atoms with van der Waals surface area (Å²) in [4.78, 5) is 1.27. The predicted octanol–water partition coefficient (Wildman–Crippen LogP) is 5.70. The standard InChI is InChI=1S/C22H18OS2.Na.H/c1-24-22(23-20-14-6-10-16-8-2-4-12-18(16)20)25-21-15-7-11-17-9-3-5-13-19(17)21;;/h2-15,25H,1H3;;. The van der Waals surface area contributed by atoms with Crippen LogP contribution in [0.4, 0.5) is 0 Å². The molecule has 0 aromatic heterocycles. The van der Waals surface area contributed by atoms with Crippen molar-refractivity contribution in [2.75, 3.05) is 6.26 Å². The summed E-state index contributed by atoms with van der Waals surface area (Å²) in [6.07, 6.45) is 2.07. The number of thioether (sulfide) groups is 1. The van der Waals surface area contributed by atoms with Crippen LogP contribution in [0.5, 0.6) is 5.75 Å². The minimum absolute atomic E-state index is 0. The van der Waals surface area contributed by atoms with E-state index < -0.39 is 0 Å². The molecule has 4 heteroatoms. The molecule has 0 aliphatic rings. The second-order valence-corrected chi connectivity index (χ2v) is 7.85. The van der Waals surface area contributed by atoms with Gasteiger partial charge in [0.05, 0.1) is 0 Å². The van der Waals surface area contributed by atoms with Crippen LogP contribution in [0.25, 0.3) is 21.5 Å². The van der Waals surface area contributed by atoms with E-state index in [9.17, 15) is 0 Å². The molecule has 1 nitrogen and oxygen atoms in total. The van der Waals surface area contributed by atoms with Crippen LogP contribution in [0.3, 0.4) is 0 Å². The fourth-order valence-electron chi connectivity index (χ4n) is 2.89. The summed E-state index contributed by atoms with van der Waals surface area (Å²) >= 11 is 2.75. The van der Waals surface area contributed by atoms with E-state index >= 15 is 0 Å². The van der Waals surface area contributed by atoms with Crippen molar-refractivity contribution in [1.82, 2.24) is 0 Å². The molecule has 0 N–H and O–H groups in total. The van der Waals surface area contributed by atoms with Gasteiger partial charge in [0.15, 0.2) is 4.38 Å². The van der Waals surface area contributed by atoms with E-state index in [1.807, 2.05) is 12.1 Å². The number of benzene rings is 4. The van der Waals surface area contributed by atoms with Gasteiger partial charge in [-0.1, -0.05) is 84.6 Å². The average Bonchev–Trinajstić information content (AvgIpc) is 2.68. The first-order valence-corrected chi connectivity index (χ1v) is 10.2. The number of hydrogen-bond donors (Lipinski definition) is 1. The minimum atomic E-state index is 0. The Kier molecular flexibility index (Phi) is 6.85. The van der Waals surface area contributed by atoms with Gasteiger partial charge in [0, 0.05) is 10.3 Å². The molecular formula is C22H19NaOS2. The van der Waals surface area contributed by atoms with Crippen LogP contribution in [0.2, 0.25) is 0 Å². The molecule has 0 saturated carbocycles. The first-order chi connectivity index (χ1) is 12.3. The van der Waals surface area contributed by atoms with Crippen molar-refractivity contribution in [2.24, 2.45) is 0 Å². The van der Waals surface area contributed by atoms with Gasteiger partial charge < -0.3 is 4.74 Å². The number of rotatable bonds is 2. The van der Waals surface area contributed by atoms with Crippen LogP contribution in [-0.2, 0) is 0 Å². The fraction of sp³-hybridized carbons (Fsp3) is 0.0455. The van der Waals surface area contributed by atoms with Crippen molar-refractivity contribution in [2.45, 2.75) is 4.90 Å². The molecule has 0 fully saturated rings. The van der Waals surface area contributed by atoms with Crippen molar-refractivity contribution in [3.63, 3.8) is 0 Å². The van der Waals surface area contributed by atoms with E-state index in [1.54, 1.807) is 11.8 Å². The Hall–Kier alpha value is -1.23. The third kappa shape index (κ3) is 4.19. The molecule has 0 radical (unpaired) electrons. The van der Waals surface area contributed by atoms with Crippen molar-refractivity contribution < 1.29 is 4.74 Å². The van der Waals surface area contributed by atoms with Crippen LogP contribution in [0.15, 0.2) is 89.8 Å². The summed E-state index contributed by atoms with van der Waals surface area (Å²) in [6, 6.07) is 29.5. The third-order valence-electron chi connectivity index (χ3n) is 4.10. The van der Waals surface area contributed by atoms with Gasteiger partial charge in [-0.15, -0.1) is 11.4 Å². The van der Waals surface area contributed by atoms with E-state index in [1.165, 1.54) is 21.1 Å². The van der Waals surface area contributed by atoms with Crippen molar-refractivity contribution in [3.05, 3.63) is 84.9 Å². The number of ether oxygens (including phenoxy) is 1. The van der Waals surface area contributed by atoms with Crippen LogP contribution in [0.1, 0.15) is 0 Å². The molecule has 4 aromatic rings. The maximum absolute atomic E-state index is 6.30. The van der Waals surface area contributed by atoms with Gasteiger partial charge in [-0.25, -0.2) is 0 Å². The molecule has 0 aliphatic carbocycles. The topological polar surface area (TPSA) is 9.23 Å². The molecule has 0 aliphatic heterocycles. The zero-order chi connectivity index (χ0) is 17.1. The Bertz CT molecular complexity index is 1070. The molecule has 26 heavy (non-hydrogen) atoms. The molecule has 0 saturated heterocycles. The van der Waals surface area contributed by atoms with Gasteiger partial charge in [-0.3, -0.25) is 0 Å². The first kappa shape index (κ1) is 19.5. The van der Waals surface area contributed by atoms with Crippen LogP contribution >= 0.6 is 23.1 Å². The fourth-order valence-corrected chi connectivity index (χ4v) is 4.55. The summed E-state index contributed by atoms with van der Waals surface area (Å²) in [5.41, 5.74) is 0. The Morgan fingerprint density at radius 1 is 0.731 bits per heavy atom. The monoisotopic (exact) mass is 386 g/mol. The maximum atomic E-state index is 6.30. The molecular weight excluding hydrogens is 367 g/mol. The Morgan fingerprint density at radius 2 is 1.31 bits per heavy atom. The molecule has 0 amide bonds. The van der Waals surface area contributed by atoms with Gasteiger partial charge in [-0.05, 0) is 34.5 Å². The zero-order valence-electron chi connectivity index (χ0n) is 13.8. The Balaban J connectivity index is 0.00000196. The van der Waals surface area contributed by atoms with Gasteiger partial charge in [0.2, 0.25) is 0 Å². The summed E-state index contributed by atoms with van der Waals surface area (Å²) < 4.78 is 7.28. The summed E-state index contributed by atoms with van der Waals surface area (Å²) in [5.74, 6) is 0.912. The SMILES string of the molecule is CSC(Oc1cccc2ccccc12)=[SH]c1cccc2ccccc12.[NaH]. The summed E-state index contributed by atoms with van der Waals surface area (Å²) in [6.45, 7) is 0. The summed E-state index contributed by atoms with van der Waals surface area (Å²) in [7, 11) is 0. The van der Waals surface area contributed by atoms with E-state index in [0.717, 1.165) is 26.9 Å². The second kappa shape index (κ2) is 9.12. The Morgan fingerprint density at radius 3 is 2.04 bits per heavy atom. The van der Waals surface area contributed by atoms with Crippen molar-refractivity contribution in [1.29, 1.82) is 0 Å². The molecule has 0 atom stereocenters. The van der Waals surface area contributed by atoms with E-state index in [0.29, 0.717) is 0 Å². The second-order valence-electron chi connectivity index (χ2n) is 5.66. The molecule has 126 valence electrons. The average molecular weight is 387 g/mol. The van der Waals surface area contributed by atoms with Crippen molar-refractivity contribution >= 4 is 78.6 Å². The van der Waals surface area contributed by atoms with Crippen molar-refractivity contribution in [3.8, 4) is 5.75 Å². The van der Waals surface area contributed by atoms with E-state index in [2.05, 4.69) is 79.1 Å². The molecule has 0 heterocycles.